The number of aromatic nitrogens is 3. The van der Waals surface area contributed by atoms with Crippen LogP contribution in [-0.4, -0.2) is 45.3 Å². The molecule has 0 aromatic carbocycles. The van der Waals surface area contributed by atoms with E-state index in [1.807, 2.05) is 0 Å². The molecule has 2 heterocycles. The Morgan fingerprint density at radius 1 is 1.45 bits per heavy atom. The summed E-state index contributed by atoms with van der Waals surface area (Å²) in [6, 6.07) is 0.642. The second-order valence-corrected chi connectivity index (χ2v) is 5.87. The maximum Gasteiger partial charge on any atom is 0.141 e. The van der Waals surface area contributed by atoms with Crippen molar-refractivity contribution in [1.82, 2.24) is 25.0 Å². The molecule has 1 aromatic heterocycles. The minimum atomic E-state index is 0. The second-order valence-electron chi connectivity index (χ2n) is 5.87. The summed E-state index contributed by atoms with van der Waals surface area (Å²) < 4.78 is 2.07. The highest BCUT2D eigenvalue weighted by Gasteiger charge is 2.23. The third-order valence-electron chi connectivity index (χ3n) is 3.67. The van der Waals surface area contributed by atoms with Crippen LogP contribution in [0.25, 0.3) is 0 Å². The Hall–Kier alpha value is -0.650. The summed E-state index contributed by atoms with van der Waals surface area (Å²) in [4.78, 5) is 7.00. The predicted octanol–water partition coefficient (Wildman–Crippen LogP) is 1.93. The molecule has 1 aliphatic heterocycles. The Morgan fingerprint density at radius 2 is 2.25 bits per heavy atom. The van der Waals surface area contributed by atoms with Crippen molar-refractivity contribution < 1.29 is 0 Å². The van der Waals surface area contributed by atoms with Crippen molar-refractivity contribution in [2.24, 2.45) is 5.92 Å². The van der Waals surface area contributed by atoms with Gasteiger partial charge in [-0.15, -0.1) is 12.4 Å². The first-order chi connectivity index (χ1) is 9.20. The van der Waals surface area contributed by atoms with Crippen molar-refractivity contribution in [1.29, 1.82) is 0 Å². The molecule has 6 heteroatoms. The van der Waals surface area contributed by atoms with Crippen LogP contribution in [0.5, 0.6) is 0 Å². The maximum atomic E-state index is 4.45. The monoisotopic (exact) mass is 301 g/mol. The van der Waals surface area contributed by atoms with Crippen LogP contribution in [0.1, 0.15) is 39.4 Å². The molecular weight excluding hydrogens is 274 g/mol. The molecule has 0 saturated carbocycles. The van der Waals surface area contributed by atoms with E-state index < -0.39 is 0 Å². The van der Waals surface area contributed by atoms with Crippen molar-refractivity contribution in [3.8, 4) is 0 Å². The van der Waals surface area contributed by atoms with Gasteiger partial charge in [0.25, 0.3) is 0 Å². The molecule has 2 rings (SSSR count). The van der Waals surface area contributed by atoms with Gasteiger partial charge in [-0.05, 0) is 12.3 Å². The lowest BCUT2D eigenvalue weighted by Crippen LogP contribution is -2.50. The van der Waals surface area contributed by atoms with E-state index in [0.717, 1.165) is 38.5 Å². The van der Waals surface area contributed by atoms with E-state index in [2.05, 4.69) is 45.8 Å². The standard InChI is InChI=1S/C14H27N5.ClH/c1-4-5-13-8-15-6-7-18(13)10-14-16-11-17-19(14)9-12(2)3;/h11-13,15H,4-10H2,1-3H3;1H. The van der Waals surface area contributed by atoms with Gasteiger partial charge in [0.15, 0.2) is 0 Å². The summed E-state index contributed by atoms with van der Waals surface area (Å²) in [5.41, 5.74) is 0. The zero-order valence-electron chi connectivity index (χ0n) is 12.9. The number of piperazine rings is 1. The van der Waals surface area contributed by atoms with Crippen molar-refractivity contribution >= 4 is 12.4 Å². The fourth-order valence-corrected chi connectivity index (χ4v) is 2.72. The first-order valence-electron chi connectivity index (χ1n) is 7.52. The van der Waals surface area contributed by atoms with Crippen molar-refractivity contribution in [3.63, 3.8) is 0 Å². The number of rotatable bonds is 6. The lowest BCUT2D eigenvalue weighted by atomic mass is 10.1. The largest absolute Gasteiger partial charge is 0.314 e. The van der Waals surface area contributed by atoms with Crippen LogP contribution in [0, 0.1) is 5.92 Å². The van der Waals surface area contributed by atoms with E-state index in [0.29, 0.717) is 12.0 Å². The van der Waals surface area contributed by atoms with Gasteiger partial charge in [-0.3, -0.25) is 4.90 Å². The third kappa shape index (κ3) is 4.72. The van der Waals surface area contributed by atoms with Crippen LogP contribution in [-0.2, 0) is 13.1 Å². The van der Waals surface area contributed by atoms with E-state index in [4.69, 9.17) is 0 Å². The van der Waals surface area contributed by atoms with Gasteiger partial charge in [0.2, 0.25) is 0 Å². The molecule has 5 nitrogen and oxygen atoms in total. The fraction of sp³-hybridized carbons (Fsp3) is 0.857. The normalized spacial score (nSPS) is 20.1. The Labute approximate surface area is 128 Å². The van der Waals surface area contributed by atoms with Crippen LogP contribution in [0.3, 0.4) is 0 Å². The fourth-order valence-electron chi connectivity index (χ4n) is 2.72. The van der Waals surface area contributed by atoms with E-state index in [9.17, 15) is 0 Å². The molecule has 20 heavy (non-hydrogen) atoms. The first-order valence-corrected chi connectivity index (χ1v) is 7.52. The van der Waals surface area contributed by atoms with Crippen LogP contribution < -0.4 is 5.32 Å². The van der Waals surface area contributed by atoms with Gasteiger partial charge in [0.1, 0.15) is 12.2 Å². The lowest BCUT2D eigenvalue weighted by Gasteiger charge is -2.35. The van der Waals surface area contributed by atoms with Crippen molar-refractivity contribution in [2.45, 2.75) is 52.7 Å². The zero-order valence-corrected chi connectivity index (χ0v) is 13.7. The smallest absolute Gasteiger partial charge is 0.141 e. The zero-order chi connectivity index (χ0) is 13.7. The Bertz CT molecular complexity index is 377. The minimum absolute atomic E-state index is 0. The van der Waals surface area contributed by atoms with Crippen molar-refractivity contribution in [2.75, 3.05) is 19.6 Å². The van der Waals surface area contributed by atoms with E-state index in [-0.39, 0.29) is 12.4 Å². The van der Waals surface area contributed by atoms with Gasteiger partial charge in [0, 0.05) is 32.2 Å². The Kier molecular flexibility index (Phi) is 7.48. The molecule has 1 aromatic rings. The summed E-state index contributed by atoms with van der Waals surface area (Å²) in [5.74, 6) is 1.71. The number of nitrogens with one attached hydrogen (secondary N) is 1. The molecule has 1 aliphatic rings. The second kappa shape index (κ2) is 8.60. The van der Waals surface area contributed by atoms with Gasteiger partial charge in [-0.2, -0.15) is 5.10 Å². The molecule has 1 saturated heterocycles. The summed E-state index contributed by atoms with van der Waals surface area (Å²) >= 11 is 0. The summed E-state index contributed by atoms with van der Waals surface area (Å²) in [7, 11) is 0. The number of hydrogen-bond donors (Lipinski definition) is 1. The number of hydrogen-bond acceptors (Lipinski definition) is 4. The number of nitrogens with zero attached hydrogens (tertiary/aromatic N) is 4. The average molecular weight is 302 g/mol. The first kappa shape index (κ1) is 17.4. The summed E-state index contributed by atoms with van der Waals surface area (Å²) in [6.07, 6.45) is 4.18. The van der Waals surface area contributed by atoms with Crippen LogP contribution in [0.2, 0.25) is 0 Å². The van der Waals surface area contributed by atoms with Crippen LogP contribution in [0.4, 0.5) is 0 Å². The highest BCUT2D eigenvalue weighted by Crippen LogP contribution is 2.13. The van der Waals surface area contributed by atoms with Crippen LogP contribution in [0.15, 0.2) is 6.33 Å². The van der Waals surface area contributed by atoms with Gasteiger partial charge < -0.3 is 5.32 Å². The molecule has 1 atom stereocenters. The average Bonchev–Trinajstić information content (AvgIpc) is 2.79. The van der Waals surface area contributed by atoms with Gasteiger partial charge in [-0.1, -0.05) is 27.2 Å². The molecule has 116 valence electrons. The molecule has 0 aliphatic carbocycles. The van der Waals surface area contributed by atoms with E-state index in [1.165, 1.54) is 12.8 Å². The molecule has 0 radical (unpaired) electrons. The summed E-state index contributed by atoms with van der Waals surface area (Å²) in [6.45, 7) is 11.9. The van der Waals surface area contributed by atoms with Gasteiger partial charge >= 0.3 is 0 Å². The molecule has 0 bridgehead atoms. The van der Waals surface area contributed by atoms with E-state index in [1.54, 1.807) is 6.33 Å². The molecule has 1 N–H and O–H groups in total. The highest BCUT2D eigenvalue weighted by molar-refractivity contribution is 5.85. The summed E-state index contributed by atoms with van der Waals surface area (Å²) in [5, 5.41) is 7.85. The van der Waals surface area contributed by atoms with Gasteiger partial charge in [-0.25, -0.2) is 9.67 Å². The van der Waals surface area contributed by atoms with E-state index >= 15 is 0 Å². The highest BCUT2D eigenvalue weighted by atomic mass is 35.5. The molecule has 1 unspecified atom stereocenters. The predicted molar refractivity (Wildman–Crippen MR) is 84.1 cm³/mol. The molecular formula is C14H28ClN5. The Balaban J connectivity index is 0.00000200. The van der Waals surface area contributed by atoms with Crippen molar-refractivity contribution in [3.05, 3.63) is 12.2 Å². The topological polar surface area (TPSA) is 46.0 Å². The molecule has 1 fully saturated rings. The van der Waals surface area contributed by atoms with Gasteiger partial charge in [0.05, 0.1) is 6.54 Å². The number of halogens is 1. The Morgan fingerprint density at radius 3 is 2.95 bits per heavy atom. The minimum Gasteiger partial charge on any atom is -0.314 e. The maximum absolute atomic E-state index is 4.45. The molecule has 0 amide bonds. The molecule has 0 spiro atoms. The van der Waals surface area contributed by atoms with Crippen LogP contribution >= 0.6 is 12.4 Å². The SMILES string of the molecule is CCCC1CNCCN1Cc1ncnn1CC(C)C.Cl. The lowest BCUT2D eigenvalue weighted by molar-refractivity contribution is 0.138. The third-order valence-corrected chi connectivity index (χ3v) is 3.67. The quantitative estimate of drug-likeness (QED) is 0.872.